The van der Waals surface area contributed by atoms with Gasteiger partial charge in [0, 0.05) is 13.1 Å². The molecule has 0 amide bonds. The molecule has 2 aromatic heterocycles. The van der Waals surface area contributed by atoms with Gasteiger partial charge in [0.15, 0.2) is 0 Å². The molecular formula is C14H14F3N3O3S. The zero-order valence-electron chi connectivity index (χ0n) is 12.5. The minimum absolute atomic E-state index is 0.172. The molecule has 1 unspecified atom stereocenters. The second-order valence-electron chi connectivity index (χ2n) is 5.66. The number of hydrogen-bond donors (Lipinski definition) is 1. The van der Waals surface area contributed by atoms with Crippen molar-refractivity contribution in [1.29, 1.82) is 0 Å². The topological polar surface area (TPSA) is 79.5 Å². The van der Waals surface area contributed by atoms with Crippen LogP contribution in [0, 0.1) is 11.8 Å². The monoisotopic (exact) mass is 361 g/mol. The zero-order valence-corrected chi connectivity index (χ0v) is 13.3. The molecule has 24 heavy (non-hydrogen) atoms. The van der Waals surface area contributed by atoms with Gasteiger partial charge in [-0.2, -0.15) is 18.2 Å². The molecule has 0 radical (unpaired) electrons. The average molecular weight is 361 g/mol. The van der Waals surface area contributed by atoms with Crippen molar-refractivity contribution in [2.75, 3.05) is 13.1 Å². The van der Waals surface area contributed by atoms with Gasteiger partial charge in [0.05, 0.1) is 22.8 Å². The lowest BCUT2D eigenvalue weighted by atomic mass is 9.96. The normalized spacial score (nSPS) is 23.5. The number of aliphatic carboxylic acids is 1. The first kappa shape index (κ1) is 16.9. The van der Waals surface area contributed by atoms with Gasteiger partial charge in [-0.15, -0.1) is 11.3 Å². The van der Waals surface area contributed by atoms with Crippen molar-refractivity contribution in [1.82, 2.24) is 15.0 Å². The summed E-state index contributed by atoms with van der Waals surface area (Å²) in [6.07, 6.45) is -4.56. The number of carbonyl (C=O) groups is 1. The van der Waals surface area contributed by atoms with E-state index in [1.807, 2.05) is 11.4 Å². The summed E-state index contributed by atoms with van der Waals surface area (Å²) >= 11 is 1.42. The third-order valence-electron chi connectivity index (χ3n) is 4.17. The summed E-state index contributed by atoms with van der Waals surface area (Å²) in [5, 5.41) is 14.7. The second-order valence-corrected chi connectivity index (χ2v) is 6.60. The minimum atomic E-state index is -4.56. The van der Waals surface area contributed by atoms with Gasteiger partial charge in [-0.25, -0.2) is 0 Å². The number of rotatable bonds is 4. The Morgan fingerprint density at radius 2 is 2.25 bits per heavy atom. The lowest BCUT2D eigenvalue weighted by Gasteiger charge is -2.21. The number of carboxylic acid groups (broad SMARTS) is 1. The standard InChI is InChI=1S/C14H14F3N3O3S/c1-7(12-18-11(19-23-12)10-3-2-4-24-10)20-5-8(13(21)22)9(6-20)14(15,16)17/h2-4,7-9H,5-6H2,1H3,(H,21,22)/t7?,8-,9-/m1/s1. The first-order chi connectivity index (χ1) is 11.3. The Morgan fingerprint density at radius 1 is 1.50 bits per heavy atom. The van der Waals surface area contributed by atoms with Gasteiger partial charge < -0.3 is 9.63 Å². The highest BCUT2D eigenvalue weighted by Crippen LogP contribution is 2.40. The Balaban J connectivity index is 1.78. The molecule has 0 aliphatic carbocycles. The smallest absolute Gasteiger partial charge is 0.393 e. The van der Waals surface area contributed by atoms with E-state index in [9.17, 15) is 18.0 Å². The third-order valence-corrected chi connectivity index (χ3v) is 5.04. The molecule has 0 aromatic carbocycles. The third kappa shape index (κ3) is 3.16. The van der Waals surface area contributed by atoms with E-state index in [1.165, 1.54) is 16.2 Å². The van der Waals surface area contributed by atoms with Crippen LogP contribution in [0.4, 0.5) is 13.2 Å². The number of thiophene rings is 1. The SMILES string of the molecule is CC(c1nc(-c2cccs2)no1)N1C[C@@H](C(F)(F)F)[C@H](C(=O)O)C1. The van der Waals surface area contributed by atoms with Crippen molar-refractivity contribution < 1.29 is 27.6 Å². The highest BCUT2D eigenvalue weighted by atomic mass is 32.1. The Hall–Kier alpha value is -1.94. The fourth-order valence-corrected chi connectivity index (χ4v) is 3.45. The maximum Gasteiger partial charge on any atom is 0.393 e. The van der Waals surface area contributed by atoms with Crippen LogP contribution in [-0.4, -0.2) is 45.4 Å². The average Bonchev–Trinajstić information content (AvgIpc) is 3.23. The van der Waals surface area contributed by atoms with E-state index in [0.717, 1.165) is 4.88 Å². The van der Waals surface area contributed by atoms with Crippen molar-refractivity contribution in [3.05, 3.63) is 23.4 Å². The molecule has 0 bridgehead atoms. The maximum absolute atomic E-state index is 13.1. The van der Waals surface area contributed by atoms with E-state index in [1.54, 1.807) is 13.0 Å². The van der Waals surface area contributed by atoms with Crippen LogP contribution in [0.15, 0.2) is 22.0 Å². The predicted octanol–water partition coefficient (Wildman–Crippen LogP) is 3.05. The molecule has 1 aliphatic heterocycles. The van der Waals surface area contributed by atoms with Gasteiger partial charge in [-0.1, -0.05) is 11.2 Å². The van der Waals surface area contributed by atoms with Crippen LogP contribution in [0.2, 0.25) is 0 Å². The first-order valence-electron chi connectivity index (χ1n) is 7.18. The Kier molecular flexibility index (Phi) is 4.35. The molecule has 2 aromatic rings. The van der Waals surface area contributed by atoms with Crippen LogP contribution in [0.25, 0.3) is 10.7 Å². The molecule has 3 heterocycles. The van der Waals surface area contributed by atoms with E-state index in [0.29, 0.717) is 5.82 Å². The Morgan fingerprint density at radius 3 is 2.79 bits per heavy atom. The largest absolute Gasteiger partial charge is 0.481 e. The summed E-state index contributed by atoms with van der Waals surface area (Å²) in [6, 6.07) is 3.03. The second kappa shape index (κ2) is 6.17. The number of carboxylic acids is 1. The van der Waals surface area contributed by atoms with E-state index < -0.39 is 36.6 Å². The number of nitrogens with zero attached hydrogens (tertiary/aromatic N) is 3. The quantitative estimate of drug-likeness (QED) is 0.902. The summed E-state index contributed by atoms with van der Waals surface area (Å²) in [5.41, 5.74) is 0. The molecule has 1 aliphatic rings. The van der Waals surface area contributed by atoms with E-state index in [4.69, 9.17) is 9.63 Å². The fourth-order valence-electron chi connectivity index (χ4n) is 2.80. The number of hydrogen-bond acceptors (Lipinski definition) is 6. The van der Waals surface area contributed by atoms with Crippen LogP contribution in [-0.2, 0) is 4.79 Å². The number of aromatic nitrogens is 2. The summed E-state index contributed by atoms with van der Waals surface area (Å²) in [6.45, 7) is 1.01. The summed E-state index contributed by atoms with van der Waals surface area (Å²) < 4.78 is 44.3. The van der Waals surface area contributed by atoms with E-state index >= 15 is 0 Å². The molecule has 3 atom stereocenters. The van der Waals surface area contributed by atoms with Crippen molar-refractivity contribution in [2.45, 2.75) is 19.1 Å². The molecular weight excluding hydrogens is 347 g/mol. The Labute approximate surface area is 138 Å². The summed E-state index contributed by atoms with van der Waals surface area (Å²) in [4.78, 5) is 17.6. The zero-order chi connectivity index (χ0) is 17.5. The fraction of sp³-hybridized carbons (Fsp3) is 0.500. The van der Waals surface area contributed by atoms with Gasteiger partial charge >= 0.3 is 12.1 Å². The molecule has 130 valence electrons. The maximum atomic E-state index is 13.1. The number of alkyl halides is 3. The van der Waals surface area contributed by atoms with Gasteiger partial charge in [0.1, 0.15) is 0 Å². The van der Waals surface area contributed by atoms with Crippen LogP contribution in [0.3, 0.4) is 0 Å². The molecule has 6 nitrogen and oxygen atoms in total. The van der Waals surface area contributed by atoms with Gasteiger partial charge in [0.25, 0.3) is 0 Å². The lowest BCUT2D eigenvalue weighted by molar-refractivity contribution is -0.188. The predicted molar refractivity (Wildman–Crippen MR) is 78.3 cm³/mol. The molecule has 3 rings (SSSR count). The van der Waals surface area contributed by atoms with Crippen molar-refractivity contribution in [2.24, 2.45) is 11.8 Å². The molecule has 1 fully saturated rings. The Bertz CT molecular complexity index is 716. The van der Waals surface area contributed by atoms with Gasteiger partial charge in [-0.05, 0) is 18.4 Å². The van der Waals surface area contributed by atoms with Crippen LogP contribution in [0.5, 0.6) is 0 Å². The summed E-state index contributed by atoms with van der Waals surface area (Å²) in [5.74, 6) is -4.31. The molecule has 1 N–H and O–H groups in total. The van der Waals surface area contributed by atoms with Gasteiger partial charge in [-0.3, -0.25) is 9.69 Å². The molecule has 1 saturated heterocycles. The van der Waals surface area contributed by atoms with Gasteiger partial charge in [0.2, 0.25) is 11.7 Å². The number of halogens is 3. The minimum Gasteiger partial charge on any atom is -0.481 e. The van der Waals surface area contributed by atoms with Crippen molar-refractivity contribution >= 4 is 17.3 Å². The van der Waals surface area contributed by atoms with E-state index in [-0.39, 0.29) is 12.4 Å². The molecule has 10 heteroatoms. The highest BCUT2D eigenvalue weighted by molar-refractivity contribution is 7.13. The van der Waals surface area contributed by atoms with Crippen LogP contribution < -0.4 is 0 Å². The van der Waals surface area contributed by atoms with Crippen LogP contribution in [0.1, 0.15) is 18.9 Å². The van der Waals surface area contributed by atoms with Crippen LogP contribution >= 0.6 is 11.3 Å². The lowest BCUT2D eigenvalue weighted by Crippen LogP contribution is -2.33. The molecule has 0 spiro atoms. The van der Waals surface area contributed by atoms with Crippen molar-refractivity contribution in [3.63, 3.8) is 0 Å². The highest BCUT2D eigenvalue weighted by Gasteiger charge is 2.53. The molecule has 0 saturated carbocycles. The first-order valence-corrected chi connectivity index (χ1v) is 8.06. The number of likely N-dealkylation sites (tertiary alicyclic amines) is 1. The summed E-state index contributed by atoms with van der Waals surface area (Å²) in [7, 11) is 0. The van der Waals surface area contributed by atoms with Crippen molar-refractivity contribution in [3.8, 4) is 10.7 Å². The van der Waals surface area contributed by atoms with E-state index in [2.05, 4.69) is 10.1 Å².